The van der Waals surface area contributed by atoms with Crippen molar-refractivity contribution in [1.82, 2.24) is 9.88 Å². The maximum atomic E-state index is 11.4. The van der Waals surface area contributed by atoms with Crippen LogP contribution >= 0.6 is 11.6 Å². The van der Waals surface area contributed by atoms with Crippen molar-refractivity contribution in [2.24, 2.45) is 5.92 Å². The van der Waals surface area contributed by atoms with Gasteiger partial charge in [-0.15, -0.1) is 0 Å². The number of pyridine rings is 1. The van der Waals surface area contributed by atoms with Crippen LogP contribution in [0, 0.1) is 5.92 Å². The molecule has 1 aromatic heterocycles. The lowest BCUT2D eigenvalue weighted by Crippen LogP contribution is -2.23. The Bertz CT molecular complexity index is 411. The molecule has 4 nitrogen and oxygen atoms in total. The van der Waals surface area contributed by atoms with Crippen LogP contribution in [0.5, 0.6) is 0 Å². The Morgan fingerprint density at radius 3 is 3.24 bits per heavy atom. The molecule has 17 heavy (non-hydrogen) atoms. The maximum absolute atomic E-state index is 11.4. The van der Waals surface area contributed by atoms with E-state index in [-0.39, 0.29) is 11.9 Å². The van der Waals surface area contributed by atoms with Gasteiger partial charge in [-0.1, -0.05) is 11.6 Å². The second-order valence-corrected chi connectivity index (χ2v) is 4.62. The largest absolute Gasteiger partial charge is 0.469 e. The summed E-state index contributed by atoms with van der Waals surface area (Å²) >= 11 is 6.05. The molecule has 1 fully saturated rings. The second kappa shape index (κ2) is 5.47. The average molecular weight is 255 g/mol. The third-order valence-corrected chi connectivity index (χ3v) is 3.40. The molecule has 0 amide bonds. The molecule has 0 spiro atoms. The minimum Gasteiger partial charge on any atom is -0.469 e. The molecular weight excluding hydrogens is 240 g/mol. The molecule has 0 N–H and O–H groups in total. The van der Waals surface area contributed by atoms with Crippen LogP contribution in [-0.2, 0) is 16.1 Å². The molecule has 0 aromatic carbocycles. The molecule has 1 saturated heterocycles. The topological polar surface area (TPSA) is 42.4 Å². The van der Waals surface area contributed by atoms with Gasteiger partial charge in [0.05, 0.1) is 18.1 Å². The lowest BCUT2D eigenvalue weighted by molar-refractivity contribution is -0.144. The molecule has 1 aliphatic rings. The number of likely N-dealkylation sites (tertiary alicyclic amines) is 1. The highest BCUT2D eigenvalue weighted by atomic mass is 35.5. The molecule has 0 bridgehead atoms. The number of rotatable bonds is 3. The van der Waals surface area contributed by atoms with E-state index < -0.39 is 0 Å². The highest BCUT2D eigenvalue weighted by Crippen LogP contribution is 2.22. The van der Waals surface area contributed by atoms with Crippen LogP contribution < -0.4 is 0 Å². The van der Waals surface area contributed by atoms with E-state index in [9.17, 15) is 4.79 Å². The molecule has 0 radical (unpaired) electrons. The van der Waals surface area contributed by atoms with E-state index in [2.05, 4.69) is 9.88 Å². The number of nitrogens with zero attached hydrogens (tertiary/aromatic N) is 2. The summed E-state index contributed by atoms with van der Waals surface area (Å²) in [5, 5.41) is 0.675. The third kappa shape index (κ3) is 2.96. The predicted molar refractivity (Wildman–Crippen MR) is 64.6 cm³/mol. The number of carbonyl (C=O) groups is 1. The van der Waals surface area contributed by atoms with Gasteiger partial charge in [0, 0.05) is 25.5 Å². The summed E-state index contributed by atoms with van der Waals surface area (Å²) in [5.41, 5.74) is 1.05. The van der Waals surface area contributed by atoms with Crippen molar-refractivity contribution >= 4 is 17.6 Å². The maximum Gasteiger partial charge on any atom is 0.310 e. The SMILES string of the molecule is COC(=O)C1CCN(Cc2ccncc2Cl)C1. The van der Waals surface area contributed by atoms with Gasteiger partial charge in [0.1, 0.15) is 0 Å². The lowest BCUT2D eigenvalue weighted by Gasteiger charge is -2.16. The highest BCUT2D eigenvalue weighted by Gasteiger charge is 2.28. The Morgan fingerprint density at radius 2 is 2.53 bits per heavy atom. The van der Waals surface area contributed by atoms with E-state index >= 15 is 0 Å². The third-order valence-electron chi connectivity index (χ3n) is 3.06. The first-order chi connectivity index (χ1) is 8.20. The van der Waals surface area contributed by atoms with Crippen LogP contribution in [0.1, 0.15) is 12.0 Å². The summed E-state index contributed by atoms with van der Waals surface area (Å²) in [6.07, 6.45) is 4.23. The van der Waals surface area contributed by atoms with Gasteiger partial charge in [0.15, 0.2) is 0 Å². The molecule has 1 unspecified atom stereocenters. The molecule has 0 saturated carbocycles. The fourth-order valence-corrected chi connectivity index (χ4v) is 2.29. The smallest absolute Gasteiger partial charge is 0.310 e. The number of hydrogen-bond acceptors (Lipinski definition) is 4. The van der Waals surface area contributed by atoms with E-state index in [1.807, 2.05) is 6.07 Å². The van der Waals surface area contributed by atoms with Gasteiger partial charge in [-0.3, -0.25) is 14.7 Å². The van der Waals surface area contributed by atoms with Crippen molar-refractivity contribution in [3.8, 4) is 0 Å². The van der Waals surface area contributed by atoms with Gasteiger partial charge in [0.2, 0.25) is 0 Å². The van der Waals surface area contributed by atoms with Crippen LogP contribution in [-0.4, -0.2) is 36.1 Å². The number of carbonyl (C=O) groups excluding carboxylic acids is 1. The molecule has 2 rings (SSSR count). The van der Waals surface area contributed by atoms with Gasteiger partial charge < -0.3 is 4.74 Å². The Kier molecular flexibility index (Phi) is 3.97. The van der Waals surface area contributed by atoms with E-state index in [1.54, 1.807) is 12.4 Å². The van der Waals surface area contributed by atoms with Gasteiger partial charge in [-0.2, -0.15) is 0 Å². The molecule has 1 aromatic rings. The van der Waals surface area contributed by atoms with Crippen LogP contribution in [0.25, 0.3) is 0 Å². The minimum atomic E-state index is -0.117. The van der Waals surface area contributed by atoms with Gasteiger partial charge >= 0.3 is 5.97 Å². The van der Waals surface area contributed by atoms with E-state index in [0.717, 1.165) is 31.6 Å². The van der Waals surface area contributed by atoms with E-state index in [0.29, 0.717) is 5.02 Å². The fourth-order valence-electron chi connectivity index (χ4n) is 2.11. The summed E-state index contributed by atoms with van der Waals surface area (Å²) in [5.74, 6) is -0.117. The van der Waals surface area contributed by atoms with Crippen molar-refractivity contribution in [1.29, 1.82) is 0 Å². The lowest BCUT2D eigenvalue weighted by atomic mass is 10.1. The van der Waals surface area contributed by atoms with Crippen molar-refractivity contribution < 1.29 is 9.53 Å². The normalized spacial score (nSPS) is 20.5. The van der Waals surface area contributed by atoms with Crippen molar-refractivity contribution in [3.63, 3.8) is 0 Å². The zero-order valence-corrected chi connectivity index (χ0v) is 10.5. The first-order valence-corrected chi connectivity index (χ1v) is 5.97. The number of methoxy groups -OCH3 is 1. The molecule has 1 aliphatic heterocycles. The Balaban J connectivity index is 1.94. The monoisotopic (exact) mass is 254 g/mol. The van der Waals surface area contributed by atoms with Crippen LogP contribution in [0.2, 0.25) is 5.02 Å². The summed E-state index contributed by atoms with van der Waals surface area (Å²) in [7, 11) is 1.44. The first-order valence-electron chi connectivity index (χ1n) is 5.59. The minimum absolute atomic E-state index is 0.000567. The average Bonchev–Trinajstić information content (AvgIpc) is 2.80. The van der Waals surface area contributed by atoms with Crippen LogP contribution in [0.15, 0.2) is 18.5 Å². The quantitative estimate of drug-likeness (QED) is 0.771. The molecule has 92 valence electrons. The number of esters is 1. The van der Waals surface area contributed by atoms with Crippen molar-refractivity contribution in [2.45, 2.75) is 13.0 Å². The summed E-state index contributed by atoms with van der Waals surface area (Å²) < 4.78 is 4.75. The molecule has 2 heterocycles. The van der Waals surface area contributed by atoms with Crippen molar-refractivity contribution in [3.05, 3.63) is 29.0 Å². The number of aromatic nitrogens is 1. The number of hydrogen-bond donors (Lipinski definition) is 0. The van der Waals surface area contributed by atoms with E-state index in [1.165, 1.54) is 7.11 Å². The van der Waals surface area contributed by atoms with E-state index in [4.69, 9.17) is 16.3 Å². The van der Waals surface area contributed by atoms with Gasteiger partial charge in [-0.25, -0.2) is 0 Å². The molecular formula is C12H15ClN2O2. The predicted octanol–water partition coefficient (Wildman–Crippen LogP) is 1.73. The zero-order chi connectivity index (χ0) is 12.3. The Morgan fingerprint density at radius 1 is 1.71 bits per heavy atom. The van der Waals surface area contributed by atoms with Crippen LogP contribution in [0.4, 0.5) is 0 Å². The number of ether oxygens (including phenoxy) is 1. The van der Waals surface area contributed by atoms with Gasteiger partial charge in [0.25, 0.3) is 0 Å². The Labute approximate surface area is 106 Å². The molecule has 0 aliphatic carbocycles. The second-order valence-electron chi connectivity index (χ2n) is 4.21. The summed E-state index contributed by atoms with van der Waals surface area (Å²) in [6, 6.07) is 1.91. The van der Waals surface area contributed by atoms with Gasteiger partial charge in [-0.05, 0) is 24.6 Å². The summed E-state index contributed by atoms with van der Waals surface area (Å²) in [4.78, 5) is 17.6. The fraction of sp³-hybridized carbons (Fsp3) is 0.500. The number of halogens is 1. The summed E-state index contributed by atoms with van der Waals surface area (Å²) in [6.45, 7) is 2.40. The zero-order valence-electron chi connectivity index (χ0n) is 9.73. The molecule has 5 heteroatoms. The Hall–Kier alpha value is -1.13. The highest BCUT2D eigenvalue weighted by molar-refractivity contribution is 6.31. The standard InChI is InChI=1S/C12H15ClN2O2/c1-17-12(16)10-3-5-15(8-10)7-9-2-4-14-6-11(9)13/h2,4,6,10H,3,5,7-8H2,1H3. The molecule has 1 atom stereocenters. The first kappa shape index (κ1) is 12.3. The van der Waals surface area contributed by atoms with Crippen molar-refractivity contribution in [2.75, 3.05) is 20.2 Å². The van der Waals surface area contributed by atoms with Crippen LogP contribution in [0.3, 0.4) is 0 Å².